The van der Waals surface area contributed by atoms with E-state index in [1.54, 1.807) is 16.8 Å². The Morgan fingerprint density at radius 1 is 1.00 bits per heavy atom. The molecule has 1 aromatic heterocycles. The summed E-state index contributed by atoms with van der Waals surface area (Å²) in [5.41, 5.74) is 0.990. The summed E-state index contributed by atoms with van der Waals surface area (Å²) in [4.78, 5) is 12.4. The number of hydrogen-bond acceptors (Lipinski definition) is 3. The lowest BCUT2D eigenvalue weighted by molar-refractivity contribution is 0.00578. The average molecular weight is 311 g/mol. The van der Waals surface area contributed by atoms with E-state index in [0.29, 0.717) is 6.54 Å². The molecule has 120 valence electrons. The van der Waals surface area contributed by atoms with Crippen LogP contribution in [-0.2, 0) is 15.9 Å². The summed E-state index contributed by atoms with van der Waals surface area (Å²) in [6.45, 7) is 8.57. The first kappa shape index (κ1) is 16.0. The van der Waals surface area contributed by atoms with Crippen LogP contribution < -0.4 is 11.0 Å². The molecule has 1 aliphatic heterocycles. The predicted molar refractivity (Wildman–Crippen MR) is 92.0 cm³/mol. The van der Waals surface area contributed by atoms with Crippen molar-refractivity contribution < 1.29 is 9.31 Å². The van der Waals surface area contributed by atoms with Crippen molar-refractivity contribution >= 4 is 12.6 Å². The van der Waals surface area contributed by atoms with Gasteiger partial charge in [0.05, 0.1) is 17.7 Å². The van der Waals surface area contributed by atoms with E-state index in [1.165, 1.54) is 0 Å². The summed E-state index contributed by atoms with van der Waals surface area (Å²) in [6.07, 6.45) is 1.80. The first-order valence-corrected chi connectivity index (χ1v) is 7.88. The number of aromatic nitrogens is 1. The third-order valence-electron chi connectivity index (χ3n) is 4.74. The minimum Gasteiger partial charge on any atom is -0.399 e. The third-order valence-corrected chi connectivity index (χ3v) is 4.74. The van der Waals surface area contributed by atoms with E-state index in [-0.39, 0.29) is 5.56 Å². The number of benzene rings is 1. The van der Waals surface area contributed by atoms with Crippen LogP contribution in [0.2, 0.25) is 0 Å². The second-order valence-electron chi connectivity index (χ2n) is 7.00. The van der Waals surface area contributed by atoms with E-state index in [2.05, 4.69) is 0 Å². The van der Waals surface area contributed by atoms with Gasteiger partial charge in [0.15, 0.2) is 0 Å². The molecule has 0 atom stereocenters. The molecule has 0 amide bonds. The fraction of sp³-hybridized carbons (Fsp3) is 0.389. The smallest absolute Gasteiger partial charge is 0.399 e. The van der Waals surface area contributed by atoms with Crippen LogP contribution in [0, 0.1) is 0 Å². The van der Waals surface area contributed by atoms with Crippen molar-refractivity contribution in [3.8, 4) is 0 Å². The Morgan fingerprint density at radius 3 is 2.17 bits per heavy atom. The summed E-state index contributed by atoms with van der Waals surface area (Å²) in [7, 11) is -0.501. The monoisotopic (exact) mass is 311 g/mol. The zero-order valence-electron chi connectivity index (χ0n) is 14.1. The zero-order valence-corrected chi connectivity index (χ0v) is 14.1. The van der Waals surface area contributed by atoms with Crippen molar-refractivity contribution in [3.05, 3.63) is 64.6 Å². The van der Waals surface area contributed by atoms with Crippen LogP contribution in [-0.4, -0.2) is 22.9 Å². The molecule has 1 fully saturated rings. The van der Waals surface area contributed by atoms with Crippen molar-refractivity contribution in [2.75, 3.05) is 0 Å². The Labute approximate surface area is 137 Å². The van der Waals surface area contributed by atoms with Gasteiger partial charge in [0.2, 0.25) is 5.56 Å². The molecule has 1 aromatic carbocycles. The fourth-order valence-corrected chi connectivity index (χ4v) is 2.56. The lowest BCUT2D eigenvalue weighted by atomic mass is 9.80. The zero-order chi connectivity index (χ0) is 16.7. The lowest BCUT2D eigenvalue weighted by Crippen LogP contribution is -2.41. The van der Waals surface area contributed by atoms with E-state index in [9.17, 15) is 4.79 Å². The van der Waals surface area contributed by atoms with E-state index in [0.717, 1.165) is 11.0 Å². The Bertz CT molecular complexity index is 736. The molecule has 3 rings (SSSR count). The van der Waals surface area contributed by atoms with Gasteiger partial charge in [0.1, 0.15) is 0 Å². The highest BCUT2D eigenvalue weighted by Crippen LogP contribution is 2.36. The maximum Gasteiger partial charge on any atom is 0.495 e. The molecule has 0 bridgehead atoms. The standard InChI is InChI=1S/C18H22BNO3/c1-17(2)18(3,4)23-19(22-17)15-10-11-20(16(21)12-15)13-14-8-6-5-7-9-14/h5-12H,13H2,1-4H3. The number of rotatable bonds is 3. The van der Waals surface area contributed by atoms with Gasteiger partial charge in [0, 0.05) is 12.3 Å². The van der Waals surface area contributed by atoms with Gasteiger partial charge in [-0.1, -0.05) is 30.3 Å². The summed E-state index contributed by atoms with van der Waals surface area (Å²) in [5, 5.41) is 0. The molecule has 0 spiro atoms. The van der Waals surface area contributed by atoms with Crippen LogP contribution in [0.15, 0.2) is 53.5 Å². The quantitative estimate of drug-likeness (QED) is 0.816. The fourth-order valence-electron chi connectivity index (χ4n) is 2.56. The molecular formula is C18H22BNO3. The molecule has 2 heterocycles. The summed E-state index contributed by atoms with van der Waals surface area (Å²) in [5.74, 6) is 0. The lowest BCUT2D eigenvalue weighted by Gasteiger charge is -2.32. The van der Waals surface area contributed by atoms with Gasteiger partial charge in [-0.25, -0.2) is 0 Å². The molecule has 4 nitrogen and oxygen atoms in total. The molecular weight excluding hydrogens is 289 g/mol. The molecule has 0 unspecified atom stereocenters. The highest BCUT2D eigenvalue weighted by molar-refractivity contribution is 6.62. The van der Waals surface area contributed by atoms with Crippen LogP contribution >= 0.6 is 0 Å². The van der Waals surface area contributed by atoms with Crippen LogP contribution in [0.25, 0.3) is 0 Å². The molecule has 0 N–H and O–H groups in total. The van der Waals surface area contributed by atoms with E-state index in [1.807, 2.05) is 64.1 Å². The number of hydrogen-bond donors (Lipinski definition) is 0. The van der Waals surface area contributed by atoms with Crippen molar-refractivity contribution in [1.82, 2.24) is 4.57 Å². The second kappa shape index (κ2) is 5.66. The van der Waals surface area contributed by atoms with Crippen LogP contribution in [0.5, 0.6) is 0 Å². The van der Waals surface area contributed by atoms with Gasteiger partial charge in [-0.3, -0.25) is 4.79 Å². The second-order valence-corrected chi connectivity index (χ2v) is 7.00. The van der Waals surface area contributed by atoms with Gasteiger partial charge in [-0.05, 0) is 44.8 Å². The summed E-state index contributed by atoms with van der Waals surface area (Å²) in [6, 6.07) is 13.4. The minimum absolute atomic E-state index is 0.0546. The molecule has 0 aliphatic carbocycles. The van der Waals surface area contributed by atoms with Crippen molar-refractivity contribution in [2.24, 2.45) is 0 Å². The van der Waals surface area contributed by atoms with Gasteiger partial charge < -0.3 is 13.9 Å². The number of nitrogens with zero attached hydrogens (tertiary/aromatic N) is 1. The molecule has 5 heteroatoms. The molecule has 23 heavy (non-hydrogen) atoms. The Hall–Kier alpha value is -1.85. The van der Waals surface area contributed by atoms with Gasteiger partial charge in [0.25, 0.3) is 0 Å². The topological polar surface area (TPSA) is 40.5 Å². The molecule has 2 aromatic rings. The van der Waals surface area contributed by atoms with E-state index in [4.69, 9.17) is 9.31 Å². The Balaban J connectivity index is 1.82. The highest BCUT2D eigenvalue weighted by Gasteiger charge is 2.51. The molecule has 1 saturated heterocycles. The van der Waals surface area contributed by atoms with Gasteiger partial charge >= 0.3 is 7.12 Å². The molecule has 1 aliphatic rings. The van der Waals surface area contributed by atoms with Crippen LogP contribution in [0.4, 0.5) is 0 Å². The third kappa shape index (κ3) is 3.12. The summed E-state index contributed by atoms with van der Waals surface area (Å²) < 4.78 is 13.7. The predicted octanol–water partition coefficient (Wildman–Crippen LogP) is 2.20. The Morgan fingerprint density at radius 2 is 1.61 bits per heavy atom. The molecule has 0 saturated carbocycles. The largest absolute Gasteiger partial charge is 0.495 e. The van der Waals surface area contributed by atoms with Crippen LogP contribution in [0.1, 0.15) is 33.3 Å². The van der Waals surface area contributed by atoms with Crippen LogP contribution in [0.3, 0.4) is 0 Å². The van der Waals surface area contributed by atoms with Gasteiger partial charge in [-0.2, -0.15) is 0 Å². The normalized spacial score (nSPS) is 19.0. The van der Waals surface area contributed by atoms with Gasteiger partial charge in [-0.15, -0.1) is 0 Å². The maximum atomic E-state index is 12.4. The Kier molecular flexibility index (Phi) is 3.94. The summed E-state index contributed by atoms with van der Waals surface area (Å²) >= 11 is 0. The van der Waals surface area contributed by atoms with E-state index < -0.39 is 18.3 Å². The first-order chi connectivity index (χ1) is 10.8. The highest BCUT2D eigenvalue weighted by atomic mass is 16.7. The van der Waals surface area contributed by atoms with E-state index >= 15 is 0 Å². The van der Waals surface area contributed by atoms with Crippen molar-refractivity contribution in [1.29, 1.82) is 0 Å². The average Bonchev–Trinajstić information content (AvgIpc) is 2.71. The molecule has 0 radical (unpaired) electrons. The van der Waals surface area contributed by atoms with Crippen molar-refractivity contribution in [3.63, 3.8) is 0 Å². The first-order valence-electron chi connectivity index (χ1n) is 7.88. The number of pyridine rings is 1. The minimum atomic E-state index is -0.501. The van der Waals surface area contributed by atoms with Crippen molar-refractivity contribution in [2.45, 2.75) is 45.4 Å². The SMILES string of the molecule is CC1(C)OB(c2ccn(Cc3ccccc3)c(=O)c2)OC1(C)C. The maximum absolute atomic E-state index is 12.4.